The predicted molar refractivity (Wildman–Crippen MR) is 71.8 cm³/mol. The minimum atomic E-state index is -0.379. The molecule has 1 fully saturated rings. The van der Waals surface area contributed by atoms with Gasteiger partial charge < -0.3 is 5.32 Å². The van der Waals surface area contributed by atoms with Crippen molar-refractivity contribution in [3.05, 3.63) is 38.9 Å². The maximum absolute atomic E-state index is 10.9. The summed E-state index contributed by atoms with van der Waals surface area (Å²) >= 11 is 5.78. The molecule has 1 aliphatic rings. The number of nitro groups is 1. The van der Waals surface area contributed by atoms with Crippen molar-refractivity contribution >= 4 is 17.3 Å². The number of hydrogen-bond donors (Lipinski definition) is 1. The van der Waals surface area contributed by atoms with Crippen LogP contribution in [0.2, 0.25) is 5.02 Å². The first-order valence-corrected chi connectivity index (χ1v) is 6.58. The Morgan fingerprint density at radius 3 is 2.78 bits per heavy atom. The molecule has 0 spiro atoms. The van der Waals surface area contributed by atoms with Gasteiger partial charge >= 0.3 is 0 Å². The van der Waals surface area contributed by atoms with E-state index in [1.54, 1.807) is 12.1 Å². The van der Waals surface area contributed by atoms with Crippen LogP contribution in [0, 0.1) is 15.5 Å². The molecule has 0 bridgehead atoms. The third kappa shape index (κ3) is 3.00. The minimum absolute atomic E-state index is 0.0938. The van der Waals surface area contributed by atoms with Gasteiger partial charge in [-0.05, 0) is 36.8 Å². The van der Waals surface area contributed by atoms with Crippen molar-refractivity contribution in [2.45, 2.75) is 32.7 Å². The number of nitro benzene ring substituents is 1. The van der Waals surface area contributed by atoms with Gasteiger partial charge in [0.1, 0.15) is 0 Å². The van der Waals surface area contributed by atoms with E-state index in [4.69, 9.17) is 11.6 Å². The average Bonchev–Trinajstić information content (AvgIpc) is 3.11. The molecule has 0 atom stereocenters. The Bertz CT molecular complexity index is 458. The fraction of sp³-hybridized carbons (Fsp3) is 0.538. The summed E-state index contributed by atoms with van der Waals surface area (Å²) in [5, 5.41) is 14.6. The molecule has 0 aromatic heterocycles. The van der Waals surface area contributed by atoms with Crippen LogP contribution >= 0.6 is 11.6 Å². The van der Waals surface area contributed by atoms with Gasteiger partial charge in [-0.2, -0.15) is 0 Å². The molecule has 1 aromatic carbocycles. The zero-order valence-electron chi connectivity index (χ0n) is 10.4. The van der Waals surface area contributed by atoms with Crippen LogP contribution < -0.4 is 5.32 Å². The molecule has 0 heterocycles. The Morgan fingerprint density at radius 2 is 2.22 bits per heavy atom. The van der Waals surface area contributed by atoms with Crippen molar-refractivity contribution < 1.29 is 4.92 Å². The van der Waals surface area contributed by atoms with Crippen LogP contribution in [0.5, 0.6) is 0 Å². The topological polar surface area (TPSA) is 55.2 Å². The fourth-order valence-corrected chi connectivity index (χ4v) is 2.32. The summed E-state index contributed by atoms with van der Waals surface area (Å²) in [6, 6.07) is 4.82. The molecule has 4 nitrogen and oxygen atoms in total. The van der Waals surface area contributed by atoms with E-state index in [1.807, 2.05) is 0 Å². The zero-order valence-corrected chi connectivity index (χ0v) is 11.2. The van der Waals surface area contributed by atoms with E-state index in [-0.39, 0.29) is 10.6 Å². The Hall–Kier alpha value is -1.13. The molecule has 2 rings (SSSR count). The Morgan fingerprint density at radius 1 is 1.50 bits per heavy atom. The van der Waals surface area contributed by atoms with Crippen LogP contribution in [-0.2, 0) is 6.54 Å². The molecule has 5 heteroatoms. The lowest BCUT2D eigenvalue weighted by Crippen LogP contribution is -2.23. The van der Waals surface area contributed by atoms with Crippen molar-refractivity contribution in [1.29, 1.82) is 0 Å². The van der Waals surface area contributed by atoms with E-state index in [0.29, 0.717) is 22.5 Å². The van der Waals surface area contributed by atoms with Gasteiger partial charge in [0.2, 0.25) is 0 Å². The lowest BCUT2D eigenvalue weighted by Gasteiger charge is -2.13. The van der Waals surface area contributed by atoms with Gasteiger partial charge in [-0.25, -0.2) is 0 Å². The number of benzene rings is 1. The summed E-state index contributed by atoms with van der Waals surface area (Å²) in [5.41, 5.74) is 1.23. The number of nitrogens with one attached hydrogen (secondary N) is 1. The van der Waals surface area contributed by atoms with Gasteiger partial charge in [0.05, 0.1) is 4.92 Å². The van der Waals surface area contributed by atoms with Gasteiger partial charge in [0.25, 0.3) is 5.69 Å². The maximum Gasteiger partial charge on any atom is 0.275 e. The SMILES string of the molecule is CCC1(CNCc2ccc(Cl)cc2[N+](=O)[O-])CC1. The van der Waals surface area contributed by atoms with Gasteiger partial charge in [-0.15, -0.1) is 0 Å². The summed E-state index contributed by atoms with van der Waals surface area (Å²) in [5.74, 6) is 0. The third-order valence-corrected chi connectivity index (χ3v) is 4.00. The van der Waals surface area contributed by atoms with Crippen LogP contribution in [0.4, 0.5) is 5.69 Å². The van der Waals surface area contributed by atoms with Crippen LogP contribution in [0.1, 0.15) is 31.7 Å². The van der Waals surface area contributed by atoms with Gasteiger partial charge in [0.15, 0.2) is 0 Å². The summed E-state index contributed by atoms with van der Waals surface area (Å²) in [6.45, 7) is 3.65. The van der Waals surface area contributed by atoms with Gasteiger partial charge in [-0.1, -0.05) is 18.5 Å². The smallest absolute Gasteiger partial charge is 0.275 e. The number of nitrogens with zero attached hydrogens (tertiary/aromatic N) is 1. The molecule has 1 aliphatic carbocycles. The second kappa shape index (κ2) is 5.24. The first-order chi connectivity index (χ1) is 8.56. The second-order valence-corrected chi connectivity index (χ2v) is 5.42. The van der Waals surface area contributed by atoms with Crippen molar-refractivity contribution in [3.63, 3.8) is 0 Å². The molecule has 0 unspecified atom stereocenters. The van der Waals surface area contributed by atoms with Crippen LogP contribution in [-0.4, -0.2) is 11.5 Å². The lowest BCUT2D eigenvalue weighted by atomic mass is 10.0. The quantitative estimate of drug-likeness (QED) is 0.634. The highest BCUT2D eigenvalue weighted by atomic mass is 35.5. The van der Waals surface area contributed by atoms with E-state index in [1.165, 1.54) is 25.3 Å². The van der Waals surface area contributed by atoms with Crippen molar-refractivity contribution in [2.24, 2.45) is 5.41 Å². The average molecular weight is 269 g/mol. The van der Waals surface area contributed by atoms with Crippen LogP contribution in [0.15, 0.2) is 18.2 Å². The molecule has 1 N–H and O–H groups in total. The van der Waals surface area contributed by atoms with E-state index in [0.717, 1.165) is 6.54 Å². The molecule has 0 radical (unpaired) electrons. The van der Waals surface area contributed by atoms with Crippen LogP contribution in [0.3, 0.4) is 0 Å². The number of rotatable bonds is 6. The first kappa shape index (κ1) is 13.3. The predicted octanol–water partition coefficient (Wildman–Crippen LogP) is 3.53. The maximum atomic E-state index is 10.9. The highest BCUT2D eigenvalue weighted by Gasteiger charge is 2.39. The van der Waals surface area contributed by atoms with E-state index >= 15 is 0 Å². The van der Waals surface area contributed by atoms with E-state index in [2.05, 4.69) is 12.2 Å². The summed E-state index contributed by atoms with van der Waals surface area (Å²) < 4.78 is 0. The molecule has 0 saturated heterocycles. The molecule has 0 amide bonds. The monoisotopic (exact) mass is 268 g/mol. The largest absolute Gasteiger partial charge is 0.312 e. The summed E-state index contributed by atoms with van der Waals surface area (Å²) in [6.07, 6.45) is 3.70. The van der Waals surface area contributed by atoms with Crippen molar-refractivity contribution in [3.8, 4) is 0 Å². The zero-order chi connectivity index (χ0) is 13.2. The molecule has 1 aromatic rings. The summed E-state index contributed by atoms with van der Waals surface area (Å²) in [4.78, 5) is 10.5. The molecule has 98 valence electrons. The highest BCUT2D eigenvalue weighted by molar-refractivity contribution is 6.30. The second-order valence-electron chi connectivity index (χ2n) is 4.99. The molecule has 0 aliphatic heterocycles. The Balaban J connectivity index is 1.98. The van der Waals surface area contributed by atoms with Gasteiger partial charge in [0, 0.05) is 29.7 Å². The molecular weight excluding hydrogens is 252 g/mol. The third-order valence-electron chi connectivity index (χ3n) is 3.77. The van der Waals surface area contributed by atoms with Gasteiger partial charge in [-0.3, -0.25) is 10.1 Å². The fourth-order valence-electron chi connectivity index (χ4n) is 2.15. The highest BCUT2D eigenvalue weighted by Crippen LogP contribution is 2.47. The van der Waals surface area contributed by atoms with E-state index in [9.17, 15) is 10.1 Å². The lowest BCUT2D eigenvalue weighted by molar-refractivity contribution is -0.385. The number of hydrogen-bond acceptors (Lipinski definition) is 3. The Labute approximate surface area is 111 Å². The van der Waals surface area contributed by atoms with E-state index < -0.39 is 0 Å². The van der Waals surface area contributed by atoms with Crippen molar-refractivity contribution in [2.75, 3.05) is 6.54 Å². The minimum Gasteiger partial charge on any atom is -0.312 e. The molecule has 18 heavy (non-hydrogen) atoms. The molecule has 1 saturated carbocycles. The Kier molecular flexibility index (Phi) is 3.88. The molecular formula is C13H17ClN2O2. The van der Waals surface area contributed by atoms with Crippen molar-refractivity contribution in [1.82, 2.24) is 5.32 Å². The standard InChI is InChI=1S/C13H17ClN2O2/c1-2-13(5-6-13)9-15-8-10-3-4-11(14)7-12(10)16(17)18/h3-4,7,15H,2,5-6,8-9H2,1H3. The summed E-state index contributed by atoms with van der Waals surface area (Å²) in [7, 11) is 0. The first-order valence-electron chi connectivity index (χ1n) is 6.20. The number of halogens is 1. The van der Waals surface area contributed by atoms with Crippen LogP contribution in [0.25, 0.3) is 0 Å². The normalized spacial score (nSPS) is 16.6.